The molecule has 0 aliphatic rings. The highest BCUT2D eigenvalue weighted by Crippen LogP contribution is 2.16. The number of halogens is 1. The van der Waals surface area contributed by atoms with Gasteiger partial charge in [-0.15, -0.1) is 0 Å². The van der Waals surface area contributed by atoms with Gasteiger partial charge in [-0.25, -0.2) is 4.39 Å². The minimum atomic E-state index is -0.169. The fourth-order valence-corrected chi connectivity index (χ4v) is 2.60. The Balaban J connectivity index is 1.81. The molecule has 0 fully saturated rings. The molecule has 3 heteroatoms. The molecule has 0 amide bonds. The third kappa shape index (κ3) is 4.07. The lowest BCUT2D eigenvalue weighted by atomic mass is 10.1. The number of rotatable bonds is 8. The molecular weight excluding hydrogens is 251 g/mol. The van der Waals surface area contributed by atoms with Crippen molar-refractivity contribution in [1.29, 1.82) is 0 Å². The zero-order valence-corrected chi connectivity index (χ0v) is 12.5. The van der Waals surface area contributed by atoms with Gasteiger partial charge >= 0.3 is 0 Å². The summed E-state index contributed by atoms with van der Waals surface area (Å²) in [6.07, 6.45) is 7.17. The highest BCUT2D eigenvalue weighted by molar-refractivity contribution is 5.80. The van der Waals surface area contributed by atoms with E-state index in [9.17, 15) is 4.39 Å². The number of hydrogen-bond donors (Lipinski definition) is 1. The number of benzene rings is 1. The summed E-state index contributed by atoms with van der Waals surface area (Å²) < 4.78 is 15.3. The molecule has 1 aromatic carbocycles. The molecule has 1 heterocycles. The molecule has 0 aliphatic carbocycles. The first-order valence-electron chi connectivity index (χ1n) is 7.68. The summed E-state index contributed by atoms with van der Waals surface area (Å²) in [5.41, 5.74) is 1.10. The van der Waals surface area contributed by atoms with Gasteiger partial charge in [-0.3, -0.25) is 0 Å². The summed E-state index contributed by atoms with van der Waals surface area (Å²) in [5, 5.41) is 4.53. The van der Waals surface area contributed by atoms with Crippen LogP contribution >= 0.6 is 0 Å². The molecule has 2 aromatic rings. The Bertz CT molecular complexity index is 533. The number of fused-ring (bicyclic) bond motifs is 1. The summed E-state index contributed by atoms with van der Waals surface area (Å²) in [7, 11) is 0. The van der Waals surface area contributed by atoms with E-state index in [0.29, 0.717) is 6.04 Å². The normalized spacial score (nSPS) is 12.9. The number of hydrogen-bond acceptors (Lipinski definition) is 1. The zero-order chi connectivity index (χ0) is 14.4. The second kappa shape index (κ2) is 7.44. The summed E-state index contributed by atoms with van der Waals surface area (Å²) in [6, 6.07) is 7.52. The van der Waals surface area contributed by atoms with Gasteiger partial charge in [-0.1, -0.05) is 26.2 Å². The Morgan fingerprint density at radius 1 is 1.25 bits per heavy atom. The number of nitrogens with one attached hydrogen (secondary N) is 1. The second-order valence-electron chi connectivity index (χ2n) is 5.56. The Hall–Kier alpha value is -1.35. The molecule has 110 valence electrons. The Labute approximate surface area is 121 Å². The molecule has 2 nitrogen and oxygen atoms in total. The van der Waals surface area contributed by atoms with E-state index in [4.69, 9.17) is 0 Å². The third-order valence-electron chi connectivity index (χ3n) is 3.82. The Morgan fingerprint density at radius 3 is 2.90 bits per heavy atom. The maximum atomic E-state index is 13.1. The van der Waals surface area contributed by atoms with Crippen molar-refractivity contribution in [2.75, 3.05) is 6.54 Å². The fourth-order valence-electron chi connectivity index (χ4n) is 2.60. The van der Waals surface area contributed by atoms with Gasteiger partial charge in [0.2, 0.25) is 0 Å². The maximum Gasteiger partial charge on any atom is 0.123 e. The maximum absolute atomic E-state index is 13.1. The van der Waals surface area contributed by atoms with Crippen LogP contribution in [-0.2, 0) is 6.54 Å². The van der Waals surface area contributed by atoms with Crippen LogP contribution in [0, 0.1) is 5.82 Å². The Morgan fingerprint density at radius 2 is 2.10 bits per heavy atom. The second-order valence-corrected chi connectivity index (χ2v) is 5.56. The first kappa shape index (κ1) is 15.0. The lowest BCUT2D eigenvalue weighted by Crippen LogP contribution is -2.29. The van der Waals surface area contributed by atoms with E-state index in [2.05, 4.69) is 23.7 Å². The van der Waals surface area contributed by atoms with E-state index in [1.165, 1.54) is 31.7 Å². The van der Waals surface area contributed by atoms with Crippen LogP contribution in [-0.4, -0.2) is 17.2 Å². The number of nitrogens with zero attached hydrogens (tertiary/aromatic N) is 1. The Kier molecular flexibility index (Phi) is 5.60. The van der Waals surface area contributed by atoms with Gasteiger partial charge in [0, 0.05) is 36.2 Å². The van der Waals surface area contributed by atoms with Gasteiger partial charge in [0.15, 0.2) is 0 Å². The average Bonchev–Trinajstić information content (AvgIpc) is 2.81. The van der Waals surface area contributed by atoms with Crippen LogP contribution in [0.2, 0.25) is 0 Å². The molecule has 0 spiro atoms. The molecule has 0 saturated heterocycles. The van der Waals surface area contributed by atoms with Gasteiger partial charge < -0.3 is 9.88 Å². The van der Waals surface area contributed by atoms with Gasteiger partial charge in [-0.05, 0) is 37.6 Å². The van der Waals surface area contributed by atoms with Crippen molar-refractivity contribution >= 4 is 10.9 Å². The van der Waals surface area contributed by atoms with Crippen LogP contribution in [0.25, 0.3) is 10.9 Å². The quantitative estimate of drug-likeness (QED) is 0.710. The highest BCUT2D eigenvalue weighted by Gasteiger charge is 2.03. The van der Waals surface area contributed by atoms with Crippen molar-refractivity contribution in [2.45, 2.75) is 52.1 Å². The summed E-state index contributed by atoms with van der Waals surface area (Å²) in [4.78, 5) is 0. The van der Waals surface area contributed by atoms with E-state index < -0.39 is 0 Å². The van der Waals surface area contributed by atoms with Crippen molar-refractivity contribution in [1.82, 2.24) is 9.88 Å². The lowest BCUT2D eigenvalue weighted by Gasteiger charge is -2.14. The van der Waals surface area contributed by atoms with Crippen molar-refractivity contribution < 1.29 is 4.39 Å². The lowest BCUT2D eigenvalue weighted by molar-refractivity contribution is 0.473. The van der Waals surface area contributed by atoms with Crippen LogP contribution < -0.4 is 5.32 Å². The van der Waals surface area contributed by atoms with E-state index in [1.807, 2.05) is 18.3 Å². The molecule has 20 heavy (non-hydrogen) atoms. The van der Waals surface area contributed by atoms with E-state index >= 15 is 0 Å². The molecule has 0 radical (unpaired) electrons. The summed E-state index contributed by atoms with van der Waals surface area (Å²) in [5.74, 6) is -0.169. The predicted octanol–water partition coefficient (Wildman–Crippen LogP) is 4.34. The molecular formula is C17H25FN2. The molecule has 1 unspecified atom stereocenters. The first-order valence-corrected chi connectivity index (χ1v) is 7.68. The van der Waals surface area contributed by atoms with Crippen molar-refractivity contribution in [3.8, 4) is 0 Å². The summed E-state index contributed by atoms with van der Waals surface area (Å²) >= 11 is 0. The van der Waals surface area contributed by atoms with Crippen molar-refractivity contribution in [3.05, 3.63) is 36.3 Å². The van der Waals surface area contributed by atoms with Crippen LogP contribution in [0.3, 0.4) is 0 Å². The first-order chi connectivity index (χ1) is 9.70. The predicted molar refractivity (Wildman–Crippen MR) is 83.5 cm³/mol. The number of unbranched alkanes of at least 4 members (excludes halogenated alkanes) is 2. The van der Waals surface area contributed by atoms with E-state index in [1.54, 1.807) is 6.07 Å². The topological polar surface area (TPSA) is 17.0 Å². The molecule has 0 saturated carbocycles. The van der Waals surface area contributed by atoms with Crippen molar-refractivity contribution in [2.24, 2.45) is 0 Å². The minimum Gasteiger partial charge on any atom is -0.346 e. The van der Waals surface area contributed by atoms with Crippen molar-refractivity contribution in [3.63, 3.8) is 0 Å². The largest absolute Gasteiger partial charge is 0.346 e. The average molecular weight is 276 g/mol. The van der Waals surface area contributed by atoms with Gasteiger partial charge in [0.1, 0.15) is 5.82 Å². The molecule has 2 rings (SSSR count). The molecule has 0 bridgehead atoms. The molecule has 1 atom stereocenters. The van der Waals surface area contributed by atoms with Gasteiger partial charge in [0.25, 0.3) is 0 Å². The standard InChI is InChI=1S/C17H25FN2/c1-3-4-5-6-14(2)19-10-12-20-11-9-15-13-16(18)7-8-17(15)20/h7-9,11,13-14,19H,3-6,10,12H2,1-2H3. The monoisotopic (exact) mass is 276 g/mol. The zero-order valence-electron chi connectivity index (χ0n) is 12.5. The van der Waals surface area contributed by atoms with Crippen LogP contribution in [0.4, 0.5) is 4.39 Å². The van der Waals surface area contributed by atoms with Crippen LogP contribution in [0.15, 0.2) is 30.5 Å². The van der Waals surface area contributed by atoms with Crippen LogP contribution in [0.5, 0.6) is 0 Å². The van der Waals surface area contributed by atoms with E-state index in [-0.39, 0.29) is 5.82 Å². The number of aromatic nitrogens is 1. The highest BCUT2D eigenvalue weighted by atomic mass is 19.1. The van der Waals surface area contributed by atoms with Gasteiger partial charge in [-0.2, -0.15) is 0 Å². The smallest absolute Gasteiger partial charge is 0.123 e. The van der Waals surface area contributed by atoms with Crippen LogP contribution in [0.1, 0.15) is 39.5 Å². The van der Waals surface area contributed by atoms with E-state index in [0.717, 1.165) is 24.0 Å². The summed E-state index contributed by atoms with van der Waals surface area (Å²) in [6.45, 7) is 6.36. The van der Waals surface area contributed by atoms with Gasteiger partial charge in [0.05, 0.1) is 0 Å². The molecule has 0 aliphatic heterocycles. The molecule has 1 N–H and O–H groups in total. The SMILES string of the molecule is CCCCCC(C)NCCn1ccc2cc(F)ccc21. The third-order valence-corrected chi connectivity index (χ3v) is 3.82. The fraction of sp³-hybridized carbons (Fsp3) is 0.529. The minimum absolute atomic E-state index is 0.169. The molecule has 1 aromatic heterocycles.